The fourth-order valence-corrected chi connectivity index (χ4v) is 4.83. The second-order valence-corrected chi connectivity index (χ2v) is 8.88. The zero-order valence-electron chi connectivity index (χ0n) is 18.3. The molecule has 1 atom stereocenters. The molecular formula is C23H31N5O2. The van der Waals surface area contributed by atoms with Crippen molar-refractivity contribution in [2.45, 2.75) is 38.6 Å². The SMILES string of the molecule is COc1ccc2c(c1)[C@@H](C)CC(C)(C)N2C(=O)CN1CCN(c2ncccn2)CC1. The molecule has 0 bridgehead atoms. The van der Waals surface area contributed by atoms with E-state index in [1.165, 1.54) is 5.56 Å². The molecule has 2 aliphatic rings. The molecule has 160 valence electrons. The highest BCUT2D eigenvalue weighted by atomic mass is 16.5. The molecule has 1 amide bonds. The van der Waals surface area contributed by atoms with Crippen LogP contribution in [-0.4, -0.2) is 66.1 Å². The number of fused-ring (bicyclic) bond motifs is 1. The van der Waals surface area contributed by atoms with Gasteiger partial charge in [-0.25, -0.2) is 9.97 Å². The predicted octanol–water partition coefficient (Wildman–Crippen LogP) is 2.93. The quantitative estimate of drug-likeness (QED) is 0.774. The summed E-state index contributed by atoms with van der Waals surface area (Å²) in [5.74, 6) is 2.13. The number of aromatic nitrogens is 2. The van der Waals surface area contributed by atoms with Crippen LogP contribution in [0.3, 0.4) is 0 Å². The fraction of sp³-hybridized carbons (Fsp3) is 0.522. The normalized spacial score (nSPS) is 21.3. The molecule has 7 heteroatoms. The number of rotatable bonds is 4. The summed E-state index contributed by atoms with van der Waals surface area (Å²) < 4.78 is 5.42. The van der Waals surface area contributed by atoms with Gasteiger partial charge < -0.3 is 14.5 Å². The van der Waals surface area contributed by atoms with Crippen LogP contribution in [0.4, 0.5) is 11.6 Å². The molecule has 0 spiro atoms. The lowest BCUT2D eigenvalue weighted by Crippen LogP contribution is -2.56. The van der Waals surface area contributed by atoms with Gasteiger partial charge in [0.05, 0.1) is 13.7 Å². The van der Waals surface area contributed by atoms with E-state index >= 15 is 0 Å². The summed E-state index contributed by atoms with van der Waals surface area (Å²) in [6.07, 6.45) is 4.46. The number of benzene rings is 1. The Morgan fingerprint density at radius 2 is 1.87 bits per heavy atom. The number of carbonyl (C=O) groups excluding carboxylic acids is 1. The van der Waals surface area contributed by atoms with Crippen molar-refractivity contribution in [2.24, 2.45) is 0 Å². The van der Waals surface area contributed by atoms with E-state index in [0.717, 1.165) is 50.0 Å². The van der Waals surface area contributed by atoms with Crippen molar-refractivity contribution in [3.8, 4) is 5.75 Å². The molecule has 1 fully saturated rings. The van der Waals surface area contributed by atoms with Crippen LogP contribution in [0.1, 0.15) is 38.7 Å². The van der Waals surface area contributed by atoms with Gasteiger partial charge in [0, 0.05) is 49.8 Å². The van der Waals surface area contributed by atoms with Gasteiger partial charge in [-0.3, -0.25) is 9.69 Å². The first kappa shape index (κ1) is 20.6. The van der Waals surface area contributed by atoms with Crippen molar-refractivity contribution >= 4 is 17.5 Å². The van der Waals surface area contributed by atoms with E-state index in [2.05, 4.69) is 46.6 Å². The molecule has 0 N–H and O–H groups in total. The summed E-state index contributed by atoms with van der Waals surface area (Å²) in [6.45, 7) is 10.3. The molecule has 4 rings (SSSR count). The summed E-state index contributed by atoms with van der Waals surface area (Å²) >= 11 is 0. The predicted molar refractivity (Wildman–Crippen MR) is 118 cm³/mol. The van der Waals surface area contributed by atoms with Crippen LogP contribution in [0.15, 0.2) is 36.7 Å². The zero-order chi connectivity index (χ0) is 21.3. The molecule has 0 radical (unpaired) electrons. The van der Waals surface area contributed by atoms with Crippen LogP contribution in [0.2, 0.25) is 0 Å². The van der Waals surface area contributed by atoms with E-state index in [9.17, 15) is 4.79 Å². The lowest BCUT2D eigenvalue weighted by molar-refractivity contribution is -0.121. The largest absolute Gasteiger partial charge is 0.497 e. The van der Waals surface area contributed by atoms with Gasteiger partial charge in [-0.05, 0) is 56.0 Å². The number of piperazine rings is 1. The Morgan fingerprint density at radius 1 is 1.17 bits per heavy atom. The maximum Gasteiger partial charge on any atom is 0.241 e. The second kappa shape index (κ2) is 8.22. The van der Waals surface area contributed by atoms with E-state index < -0.39 is 0 Å². The molecule has 0 aliphatic carbocycles. The summed E-state index contributed by atoms with van der Waals surface area (Å²) in [6, 6.07) is 7.89. The number of hydrogen-bond donors (Lipinski definition) is 0. The average Bonchev–Trinajstić information content (AvgIpc) is 2.74. The first-order valence-corrected chi connectivity index (χ1v) is 10.6. The highest BCUT2D eigenvalue weighted by Gasteiger charge is 2.40. The van der Waals surface area contributed by atoms with E-state index in [4.69, 9.17) is 4.74 Å². The number of amides is 1. The Kier molecular flexibility index (Phi) is 5.64. The third-order valence-electron chi connectivity index (χ3n) is 6.23. The van der Waals surface area contributed by atoms with Crippen LogP contribution in [-0.2, 0) is 4.79 Å². The van der Waals surface area contributed by atoms with Gasteiger partial charge in [-0.15, -0.1) is 0 Å². The molecule has 1 aromatic carbocycles. The van der Waals surface area contributed by atoms with Crippen LogP contribution in [0.5, 0.6) is 5.75 Å². The number of anilines is 2. The molecular weight excluding hydrogens is 378 g/mol. The zero-order valence-corrected chi connectivity index (χ0v) is 18.3. The van der Waals surface area contributed by atoms with Crippen LogP contribution in [0, 0.1) is 0 Å². The molecule has 0 saturated carbocycles. The Balaban J connectivity index is 1.47. The minimum Gasteiger partial charge on any atom is -0.497 e. The first-order valence-electron chi connectivity index (χ1n) is 10.6. The van der Waals surface area contributed by atoms with Crippen molar-refractivity contribution < 1.29 is 9.53 Å². The van der Waals surface area contributed by atoms with Crippen molar-refractivity contribution in [2.75, 3.05) is 49.6 Å². The number of hydrogen-bond acceptors (Lipinski definition) is 6. The summed E-state index contributed by atoms with van der Waals surface area (Å²) in [5.41, 5.74) is 1.98. The lowest BCUT2D eigenvalue weighted by Gasteiger charge is -2.47. The van der Waals surface area contributed by atoms with Gasteiger partial charge in [-0.1, -0.05) is 6.92 Å². The number of methoxy groups -OCH3 is 1. The summed E-state index contributed by atoms with van der Waals surface area (Å²) in [4.78, 5) is 28.6. The monoisotopic (exact) mass is 409 g/mol. The Morgan fingerprint density at radius 3 is 2.53 bits per heavy atom. The van der Waals surface area contributed by atoms with Crippen LogP contribution >= 0.6 is 0 Å². The van der Waals surface area contributed by atoms with Crippen molar-refractivity contribution in [1.29, 1.82) is 0 Å². The summed E-state index contributed by atoms with van der Waals surface area (Å²) in [5, 5.41) is 0. The Bertz CT molecular complexity index is 894. The van der Waals surface area contributed by atoms with Crippen molar-refractivity contribution in [3.63, 3.8) is 0 Å². The van der Waals surface area contributed by atoms with Crippen LogP contribution < -0.4 is 14.5 Å². The van der Waals surface area contributed by atoms with Gasteiger partial charge in [0.25, 0.3) is 0 Å². The van der Waals surface area contributed by atoms with Gasteiger partial charge in [0.1, 0.15) is 5.75 Å². The fourth-order valence-electron chi connectivity index (χ4n) is 4.83. The smallest absolute Gasteiger partial charge is 0.241 e. The molecule has 2 aromatic rings. The minimum absolute atomic E-state index is 0.155. The third-order valence-corrected chi connectivity index (χ3v) is 6.23. The molecule has 1 saturated heterocycles. The Hall–Kier alpha value is -2.67. The van der Waals surface area contributed by atoms with Gasteiger partial charge >= 0.3 is 0 Å². The van der Waals surface area contributed by atoms with E-state index in [-0.39, 0.29) is 11.4 Å². The maximum absolute atomic E-state index is 13.5. The highest BCUT2D eigenvalue weighted by Crippen LogP contribution is 2.44. The average molecular weight is 410 g/mol. The maximum atomic E-state index is 13.5. The van der Waals surface area contributed by atoms with Crippen LogP contribution in [0.25, 0.3) is 0 Å². The Labute approximate surface area is 178 Å². The molecule has 7 nitrogen and oxygen atoms in total. The minimum atomic E-state index is -0.224. The van der Waals surface area contributed by atoms with E-state index in [0.29, 0.717) is 12.5 Å². The van der Waals surface area contributed by atoms with Crippen molar-refractivity contribution in [3.05, 3.63) is 42.2 Å². The third kappa shape index (κ3) is 3.99. The molecule has 2 aliphatic heterocycles. The number of nitrogens with zero attached hydrogens (tertiary/aromatic N) is 5. The lowest BCUT2D eigenvalue weighted by atomic mass is 9.80. The van der Waals surface area contributed by atoms with Gasteiger partial charge in [-0.2, -0.15) is 0 Å². The van der Waals surface area contributed by atoms with E-state index in [1.807, 2.05) is 23.1 Å². The standard InChI is InChI=1S/C23H31N5O2/c1-17-15-23(2,3)28(20-7-6-18(30-4)14-19(17)20)21(29)16-26-10-12-27(13-11-26)22-24-8-5-9-25-22/h5-9,14,17H,10-13,15-16H2,1-4H3/t17-/m0/s1. The molecule has 1 aromatic heterocycles. The highest BCUT2D eigenvalue weighted by molar-refractivity contribution is 5.97. The second-order valence-electron chi connectivity index (χ2n) is 8.88. The first-order chi connectivity index (χ1) is 14.4. The van der Waals surface area contributed by atoms with Gasteiger partial charge in [0.2, 0.25) is 11.9 Å². The topological polar surface area (TPSA) is 61.8 Å². The molecule has 3 heterocycles. The van der Waals surface area contributed by atoms with Crippen molar-refractivity contribution in [1.82, 2.24) is 14.9 Å². The number of carbonyl (C=O) groups is 1. The summed E-state index contributed by atoms with van der Waals surface area (Å²) in [7, 11) is 1.68. The molecule has 0 unspecified atom stereocenters. The molecule has 30 heavy (non-hydrogen) atoms. The van der Waals surface area contributed by atoms with E-state index in [1.54, 1.807) is 19.5 Å². The number of ether oxygens (including phenoxy) is 1. The van der Waals surface area contributed by atoms with Gasteiger partial charge in [0.15, 0.2) is 0 Å².